The summed E-state index contributed by atoms with van der Waals surface area (Å²) >= 11 is 0. The number of benzene rings is 1. The Morgan fingerprint density at radius 1 is 0.840 bits per heavy atom. The van der Waals surface area contributed by atoms with Gasteiger partial charge in [0.05, 0.1) is 11.5 Å². The number of unbranched alkanes of at least 4 members (excludes halogenated alkanes) is 12. The van der Waals surface area contributed by atoms with Crippen molar-refractivity contribution in [3.8, 4) is 11.5 Å². The molecule has 0 aliphatic heterocycles. The minimum atomic E-state index is -1.07. The number of hydrogen-bond donors (Lipinski definition) is 2. The number of ketones is 1. The number of aliphatic hydroxyl groups is 1. The minimum Gasteiger partial charge on any atom is -0.507 e. The number of aromatic hydroxyl groups is 1. The van der Waals surface area contributed by atoms with Crippen LogP contribution in [-0.2, 0) is 11.2 Å². The SMILES string of the molecule is CCCCCCCCCCCCCCCC(=O)Oc1c(C/C=C(\C)CCC=C(C)C)c(O)c2c(C(O)CC)cc(=O)oc2c1C(=O)C(C)CC. The molecular weight excluding hydrogens is 628 g/mol. The molecule has 2 unspecified atom stereocenters. The Kier molecular flexibility index (Phi) is 20.0. The number of hydrogen-bond acceptors (Lipinski definition) is 7. The summed E-state index contributed by atoms with van der Waals surface area (Å²) in [4.78, 5) is 40.2. The summed E-state index contributed by atoms with van der Waals surface area (Å²) in [6.07, 6.45) is 21.4. The van der Waals surface area contributed by atoms with E-state index in [1.165, 1.54) is 69.4 Å². The zero-order valence-electron chi connectivity index (χ0n) is 32.3. The van der Waals surface area contributed by atoms with E-state index in [2.05, 4.69) is 26.8 Å². The summed E-state index contributed by atoms with van der Waals surface area (Å²) in [5.41, 5.74) is 1.82. The molecule has 280 valence electrons. The maximum Gasteiger partial charge on any atom is 0.336 e. The van der Waals surface area contributed by atoms with E-state index < -0.39 is 23.6 Å². The highest BCUT2D eigenvalue weighted by molar-refractivity contribution is 6.12. The molecular formula is C43H66O7. The van der Waals surface area contributed by atoms with E-state index in [0.717, 1.165) is 37.7 Å². The third-order valence-corrected chi connectivity index (χ3v) is 9.74. The fraction of sp³-hybridized carbons (Fsp3) is 0.651. The quantitative estimate of drug-likeness (QED) is 0.0265. The molecule has 0 amide bonds. The second-order valence-electron chi connectivity index (χ2n) is 14.4. The number of aliphatic hydroxyl groups excluding tert-OH is 1. The van der Waals surface area contributed by atoms with E-state index in [1.54, 1.807) is 13.8 Å². The van der Waals surface area contributed by atoms with Gasteiger partial charge in [-0.25, -0.2) is 4.79 Å². The molecule has 2 rings (SSSR count). The van der Waals surface area contributed by atoms with Gasteiger partial charge >= 0.3 is 11.6 Å². The number of carbonyl (C=O) groups excluding carboxylic acids is 2. The number of esters is 1. The molecule has 0 radical (unpaired) electrons. The molecule has 1 aromatic heterocycles. The van der Waals surface area contributed by atoms with Crippen LogP contribution in [0.1, 0.15) is 192 Å². The van der Waals surface area contributed by atoms with Crippen molar-refractivity contribution >= 4 is 22.7 Å². The van der Waals surface area contributed by atoms with Crippen molar-refractivity contribution in [1.29, 1.82) is 0 Å². The first-order valence-corrected chi connectivity index (χ1v) is 19.5. The van der Waals surface area contributed by atoms with Crippen molar-refractivity contribution in [2.75, 3.05) is 0 Å². The van der Waals surface area contributed by atoms with Crippen LogP contribution in [0.2, 0.25) is 0 Å². The van der Waals surface area contributed by atoms with Gasteiger partial charge in [-0.3, -0.25) is 9.59 Å². The lowest BCUT2D eigenvalue weighted by Crippen LogP contribution is -2.18. The second kappa shape index (κ2) is 23.3. The summed E-state index contributed by atoms with van der Waals surface area (Å²) in [5.74, 6) is -1.63. The largest absolute Gasteiger partial charge is 0.507 e. The van der Waals surface area contributed by atoms with Crippen molar-refractivity contribution in [2.24, 2.45) is 5.92 Å². The zero-order chi connectivity index (χ0) is 37.1. The van der Waals surface area contributed by atoms with Crippen LogP contribution in [0.25, 0.3) is 11.0 Å². The highest BCUT2D eigenvalue weighted by Gasteiger charge is 2.32. The number of carbonyl (C=O) groups is 2. The number of rotatable bonds is 25. The predicted molar refractivity (Wildman–Crippen MR) is 205 cm³/mol. The molecule has 1 heterocycles. The summed E-state index contributed by atoms with van der Waals surface area (Å²) in [6, 6.07) is 1.17. The predicted octanol–water partition coefficient (Wildman–Crippen LogP) is 11.8. The van der Waals surface area contributed by atoms with Crippen LogP contribution in [0.5, 0.6) is 11.5 Å². The highest BCUT2D eigenvalue weighted by Crippen LogP contribution is 2.45. The van der Waals surface area contributed by atoms with E-state index in [9.17, 15) is 24.6 Å². The van der Waals surface area contributed by atoms with Gasteiger partial charge in [0.1, 0.15) is 11.3 Å². The average molecular weight is 695 g/mol. The highest BCUT2D eigenvalue weighted by atomic mass is 16.5. The molecule has 7 heteroatoms. The van der Waals surface area contributed by atoms with Crippen LogP contribution in [0.15, 0.2) is 38.6 Å². The number of allylic oxidation sites excluding steroid dienone is 4. The molecule has 7 nitrogen and oxygen atoms in total. The van der Waals surface area contributed by atoms with Crippen LogP contribution in [0.3, 0.4) is 0 Å². The van der Waals surface area contributed by atoms with Crippen LogP contribution in [0.4, 0.5) is 0 Å². The first kappa shape index (κ1) is 43.0. The second-order valence-corrected chi connectivity index (χ2v) is 14.4. The zero-order valence-corrected chi connectivity index (χ0v) is 32.3. The van der Waals surface area contributed by atoms with Crippen LogP contribution in [-0.4, -0.2) is 22.0 Å². The summed E-state index contributed by atoms with van der Waals surface area (Å²) in [6.45, 7) is 13.8. The lowest BCUT2D eigenvalue weighted by Gasteiger charge is -2.21. The molecule has 2 N–H and O–H groups in total. The van der Waals surface area contributed by atoms with Gasteiger partial charge in [0, 0.05) is 29.5 Å². The number of phenolic OH excluding ortho intramolecular Hbond substituents is 1. The van der Waals surface area contributed by atoms with Gasteiger partial charge in [-0.2, -0.15) is 0 Å². The number of Topliss-reactive ketones (excluding diaryl/α,β-unsaturated/α-hetero) is 1. The molecule has 0 saturated carbocycles. The lowest BCUT2D eigenvalue weighted by molar-refractivity contribution is -0.134. The maximum atomic E-state index is 14.0. The number of phenols is 1. The third-order valence-electron chi connectivity index (χ3n) is 9.74. The standard InChI is InChI=1S/C43H66O7/c1-8-11-12-13-14-15-16-17-18-19-20-21-22-26-36(45)49-42-33(28-27-31(6)25-23-24-30(4)5)41(48)38-34(35(44)10-3)29-37(46)50-43(38)39(42)40(47)32(7)9-2/h24,27,29,32,35,44,48H,8-23,25-26,28H2,1-7H3/b31-27+. The fourth-order valence-electron chi connectivity index (χ4n) is 6.30. The van der Waals surface area contributed by atoms with Crippen LogP contribution >= 0.6 is 0 Å². The number of fused-ring (bicyclic) bond motifs is 1. The van der Waals surface area contributed by atoms with E-state index in [4.69, 9.17) is 9.15 Å². The first-order chi connectivity index (χ1) is 24.0. The Morgan fingerprint density at radius 3 is 1.96 bits per heavy atom. The smallest absolute Gasteiger partial charge is 0.336 e. The number of ether oxygens (including phenoxy) is 1. The van der Waals surface area contributed by atoms with E-state index in [0.29, 0.717) is 12.8 Å². The molecule has 0 saturated heterocycles. The van der Waals surface area contributed by atoms with Crippen molar-refractivity contribution in [3.63, 3.8) is 0 Å². The molecule has 1 aromatic carbocycles. The van der Waals surface area contributed by atoms with Crippen molar-refractivity contribution in [3.05, 3.63) is 56.5 Å². The van der Waals surface area contributed by atoms with E-state index >= 15 is 0 Å². The molecule has 0 bridgehead atoms. The summed E-state index contributed by atoms with van der Waals surface area (Å²) in [7, 11) is 0. The third kappa shape index (κ3) is 13.8. The monoisotopic (exact) mass is 694 g/mol. The van der Waals surface area contributed by atoms with E-state index in [-0.39, 0.29) is 64.2 Å². The van der Waals surface area contributed by atoms with Gasteiger partial charge in [-0.1, -0.05) is 128 Å². The molecule has 2 aromatic rings. The van der Waals surface area contributed by atoms with E-state index in [1.807, 2.05) is 19.9 Å². The van der Waals surface area contributed by atoms with Gasteiger partial charge in [-0.15, -0.1) is 0 Å². The summed E-state index contributed by atoms with van der Waals surface area (Å²) < 4.78 is 11.6. The normalized spacial score (nSPS) is 13.0. The fourth-order valence-corrected chi connectivity index (χ4v) is 6.30. The van der Waals surface area contributed by atoms with Crippen molar-refractivity contribution in [2.45, 2.75) is 177 Å². The topological polar surface area (TPSA) is 114 Å². The Labute approximate surface area is 301 Å². The van der Waals surface area contributed by atoms with Gasteiger partial charge in [0.15, 0.2) is 17.1 Å². The Bertz CT molecular complexity index is 1470. The van der Waals surface area contributed by atoms with Gasteiger partial charge in [0.2, 0.25) is 0 Å². The molecule has 0 spiro atoms. The molecule has 50 heavy (non-hydrogen) atoms. The summed E-state index contributed by atoms with van der Waals surface area (Å²) in [5, 5.41) is 22.8. The Morgan fingerprint density at radius 2 is 1.42 bits per heavy atom. The van der Waals surface area contributed by atoms with Gasteiger partial charge in [0.25, 0.3) is 0 Å². The Hall–Kier alpha value is -3.19. The lowest BCUT2D eigenvalue weighted by atomic mass is 9.89. The first-order valence-electron chi connectivity index (χ1n) is 19.5. The minimum absolute atomic E-state index is 0.0290. The maximum absolute atomic E-state index is 14.0. The molecule has 0 aliphatic rings. The average Bonchev–Trinajstić information content (AvgIpc) is 3.08. The van der Waals surface area contributed by atoms with Crippen molar-refractivity contribution < 1.29 is 29.0 Å². The van der Waals surface area contributed by atoms with Gasteiger partial charge < -0.3 is 19.4 Å². The molecule has 0 fully saturated rings. The molecule has 0 aliphatic carbocycles. The van der Waals surface area contributed by atoms with Gasteiger partial charge in [-0.05, 0) is 59.3 Å². The van der Waals surface area contributed by atoms with Crippen LogP contribution < -0.4 is 10.4 Å². The van der Waals surface area contributed by atoms with Crippen LogP contribution in [0, 0.1) is 5.92 Å². The van der Waals surface area contributed by atoms with Crippen molar-refractivity contribution in [1.82, 2.24) is 0 Å². The Balaban J connectivity index is 2.36. The molecule has 2 atom stereocenters.